The van der Waals surface area contributed by atoms with E-state index < -0.39 is 32.6 Å². The van der Waals surface area contributed by atoms with Gasteiger partial charge in [-0.3, -0.25) is 9.52 Å². The summed E-state index contributed by atoms with van der Waals surface area (Å²) >= 11 is 0. The van der Waals surface area contributed by atoms with E-state index in [-0.39, 0.29) is 23.9 Å². The van der Waals surface area contributed by atoms with Crippen LogP contribution in [0, 0.1) is 0 Å². The van der Waals surface area contributed by atoms with Crippen LogP contribution in [0.15, 0.2) is 53.4 Å². The van der Waals surface area contributed by atoms with Crippen LogP contribution >= 0.6 is 0 Å². The van der Waals surface area contributed by atoms with E-state index in [1.807, 2.05) is 0 Å². The molecule has 1 atom stereocenters. The summed E-state index contributed by atoms with van der Waals surface area (Å²) in [5.41, 5.74) is -1.06. The zero-order chi connectivity index (χ0) is 21.1. The Bertz CT molecular complexity index is 987. The molecule has 1 aliphatic rings. The van der Waals surface area contributed by atoms with E-state index in [1.54, 1.807) is 6.07 Å². The fraction of sp³-hybridized carbons (Fsp3) is 0.316. The van der Waals surface area contributed by atoms with Crippen LogP contribution in [0.5, 0.6) is 0 Å². The number of nitrogens with one attached hydrogen (secondary N) is 2. The molecule has 1 aliphatic heterocycles. The van der Waals surface area contributed by atoms with Gasteiger partial charge >= 0.3 is 6.18 Å². The van der Waals surface area contributed by atoms with Crippen molar-refractivity contribution in [3.05, 3.63) is 59.7 Å². The van der Waals surface area contributed by atoms with E-state index in [2.05, 4.69) is 10.0 Å². The number of rotatable bonds is 6. The van der Waals surface area contributed by atoms with Gasteiger partial charge in [-0.2, -0.15) is 13.2 Å². The highest BCUT2D eigenvalue weighted by Crippen LogP contribution is 2.31. The highest BCUT2D eigenvalue weighted by Gasteiger charge is 2.32. The van der Waals surface area contributed by atoms with Crippen LogP contribution in [0.1, 0.15) is 28.8 Å². The fourth-order valence-corrected chi connectivity index (χ4v) is 4.05. The first-order valence-corrected chi connectivity index (χ1v) is 10.3. The van der Waals surface area contributed by atoms with Crippen LogP contribution in [0.3, 0.4) is 0 Å². The molecular formula is C19H19F3N2O4S. The Labute approximate surface area is 166 Å². The van der Waals surface area contributed by atoms with Crippen molar-refractivity contribution >= 4 is 21.6 Å². The molecule has 1 fully saturated rings. The molecule has 29 heavy (non-hydrogen) atoms. The Morgan fingerprint density at radius 3 is 2.59 bits per heavy atom. The quantitative estimate of drug-likeness (QED) is 0.739. The van der Waals surface area contributed by atoms with Gasteiger partial charge in [0, 0.05) is 13.2 Å². The predicted octanol–water partition coefficient (Wildman–Crippen LogP) is 3.42. The summed E-state index contributed by atoms with van der Waals surface area (Å²) < 4.78 is 71.5. The average Bonchev–Trinajstić information content (AvgIpc) is 3.19. The molecule has 156 valence electrons. The molecule has 0 aliphatic carbocycles. The van der Waals surface area contributed by atoms with Gasteiger partial charge in [0.1, 0.15) is 0 Å². The minimum Gasteiger partial charge on any atom is -0.376 e. The minimum absolute atomic E-state index is 0.0326. The zero-order valence-corrected chi connectivity index (χ0v) is 16.0. The van der Waals surface area contributed by atoms with Crippen molar-refractivity contribution in [2.45, 2.75) is 30.0 Å². The van der Waals surface area contributed by atoms with Crippen molar-refractivity contribution in [2.75, 3.05) is 17.9 Å². The summed E-state index contributed by atoms with van der Waals surface area (Å²) in [6.07, 6.45) is -3.03. The standard InChI is InChI=1S/C19H19F3N2O4S/c20-19(21,22)13-5-3-7-15(11-13)29(26,27)24-17-9-2-1-8-16(17)18(25)23-12-14-6-4-10-28-14/h1-3,5,7-9,11,14,24H,4,6,10,12H2,(H,23,25). The topological polar surface area (TPSA) is 84.5 Å². The van der Waals surface area contributed by atoms with Crippen molar-refractivity contribution in [2.24, 2.45) is 0 Å². The van der Waals surface area contributed by atoms with Gasteiger partial charge in [0.05, 0.1) is 27.8 Å². The fourth-order valence-electron chi connectivity index (χ4n) is 2.92. The highest BCUT2D eigenvalue weighted by atomic mass is 32.2. The van der Waals surface area contributed by atoms with Gasteiger partial charge in [0.15, 0.2) is 0 Å². The van der Waals surface area contributed by atoms with E-state index in [0.29, 0.717) is 12.7 Å². The number of ether oxygens (including phenoxy) is 1. The first-order valence-electron chi connectivity index (χ1n) is 8.86. The molecular weight excluding hydrogens is 409 g/mol. The molecule has 2 N–H and O–H groups in total. The zero-order valence-electron chi connectivity index (χ0n) is 15.2. The number of hydrogen-bond donors (Lipinski definition) is 2. The summed E-state index contributed by atoms with van der Waals surface area (Å²) in [5, 5.41) is 2.69. The maximum Gasteiger partial charge on any atom is 0.416 e. The summed E-state index contributed by atoms with van der Waals surface area (Å²) in [6, 6.07) is 9.26. The summed E-state index contributed by atoms with van der Waals surface area (Å²) in [7, 11) is -4.34. The van der Waals surface area contributed by atoms with Crippen molar-refractivity contribution in [3.8, 4) is 0 Å². The molecule has 3 rings (SSSR count). The molecule has 1 amide bonds. The third kappa shape index (κ3) is 5.27. The Balaban J connectivity index is 1.80. The molecule has 10 heteroatoms. The number of hydrogen-bond acceptors (Lipinski definition) is 4. The predicted molar refractivity (Wildman–Crippen MR) is 100 cm³/mol. The van der Waals surface area contributed by atoms with Gasteiger partial charge in [-0.1, -0.05) is 18.2 Å². The third-order valence-corrected chi connectivity index (χ3v) is 5.77. The number of halogens is 3. The monoisotopic (exact) mass is 428 g/mol. The van der Waals surface area contributed by atoms with Gasteiger partial charge in [-0.05, 0) is 43.2 Å². The summed E-state index contributed by atoms with van der Waals surface area (Å²) in [5.74, 6) is -0.511. The highest BCUT2D eigenvalue weighted by molar-refractivity contribution is 7.92. The number of carbonyl (C=O) groups excluding carboxylic acids is 1. The van der Waals surface area contributed by atoms with Crippen LogP contribution in [-0.4, -0.2) is 33.6 Å². The molecule has 1 saturated heterocycles. The molecule has 0 saturated carbocycles. The lowest BCUT2D eigenvalue weighted by atomic mass is 10.1. The lowest BCUT2D eigenvalue weighted by Crippen LogP contribution is -2.32. The lowest BCUT2D eigenvalue weighted by Gasteiger charge is -2.15. The number of anilines is 1. The van der Waals surface area contributed by atoms with Gasteiger partial charge in [0.2, 0.25) is 0 Å². The maximum atomic E-state index is 12.9. The average molecular weight is 428 g/mol. The van der Waals surface area contributed by atoms with Crippen LogP contribution in [0.2, 0.25) is 0 Å². The Morgan fingerprint density at radius 1 is 1.14 bits per heavy atom. The van der Waals surface area contributed by atoms with Crippen molar-refractivity contribution in [1.29, 1.82) is 0 Å². The SMILES string of the molecule is O=C(NCC1CCCO1)c1ccccc1NS(=O)(=O)c1cccc(C(F)(F)F)c1. The van der Waals surface area contributed by atoms with Crippen LogP contribution in [0.25, 0.3) is 0 Å². The second-order valence-electron chi connectivity index (χ2n) is 6.52. The Kier molecular flexibility index (Phi) is 6.13. The normalized spacial score (nSPS) is 17.1. The number of alkyl halides is 3. The number of sulfonamides is 1. The van der Waals surface area contributed by atoms with E-state index in [4.69, 9.17) is 4.74 Å². The third-order valence-electron chi connectivity index (χ3n) is 4.40. The van der Waals surface area contributed by atoms with Crippen LogP contribution in [-0.2, 0) is 20.9 Å². The molecule has 1 heterocycles. The first-order chi connectivity index (χ1) is 13.7. The van der Waals surface area contributed by atoms with Gasteiger partial charge in [-0.25, -0.2) is 8.42 Å². The van der Waals surface area contributed by atoms with E-state index in [0.717, 1.165) is 31.0 Å². The van der Waals surface area contributed by atoms with E-state index in [1.165, 1.54) is 18.2 Å². The number of para-hydroxylation sites is 1. The smallest absolute Gasteiger partial charge is 0.376 e. The second-order valence-corrected chi connectivity index (χ2v) is 8.20. The first kappa shape index (κ1) is 21.1. The van der Waals surface area contributed by atoms with Crippen LogP contribution < -0.4 is 10.0 Å². The Hall–Kier alpha value is -2.59. The Morgan fingerprint density at radius 2 is 1.90 bits per heavy atom. The largest absolute Gasteiger partial charge is 0.416 e. The molecule has 0 radical (unpaired) electrons. The number of amides is 1. The molecule has 6 nitrogen and oxygen atoms in total. The maximum absolute atomic E-state index is 12.9. The molecule has 2 aromatic rings. The number of benzene rings is 2. The molecule has 0 aromatic heterocycles. The second kappa shape index (κ2) is 8.42. The molecule has 1 unspecified atom stereocenters. The van der Waals surface area contributed by atoms with Gasteiger partial charge < -0.3 is 10.1 Å². The van der Waals surface area contributed by atoms with E-state index >= 15 is 0 Å². The van der Waals surface area contributed by atoms with Gasteiger partial charge in [-0.15, -0.1) is 0 Å². The van der Waals surface area contributed by atoms with Crippen molar-refractivity contribution < 1.29 is 31.1 Å². The summed E-state index contributed by atoms with van der Waals surface area (Å²) in [6.45, 7) is 0.918. The van der Waals surface area contributed by atoms with Crippen molar-refractivity contribution in [1.82, 2.24) is 5.32 Å². The number of carbonyl (C=O) groups is 1. The van der Waals surface area contributed by atoms with E-state index in [9.17, 15) is 26.4 Å². The minimum atomic E-state index is -4.67. The lowest BCUT2D eigenvalue weighted by molar-refractivity contribution is -0.137. The molecule has 0 bridgehead atoms. The van der Waals surface area contributed by atoms with Crippen LogP contribution in [0.4, 0.5) is 18.9 Å². The van der Waals surface area contributed by atoms with Gasteiger partial charge in [0.25, 0.3) is 15.9 Å². The molecule has 2 aromatic carbocycles. The van der Waals surface area contributed by atoms with Crippen molar-refractivity contribution in [3.63, 3.8) is 0 Å². The molecule has 0 spiro atoms. The summed E-state index contributed by atoms with van der Waals surface area (Å²) in [4.78, 5) is 11.9.